The zero-order valence-electron chi connectivity index (χ0n) is 12.6. The fraction of sp³-hybridized carbons (Fsp3) is 0.562. The molecule has 4 nitrogen and oxygen atoms in total. The van der Waals surface area contributed by atoms with Crippen LogP contribution in [0.25, 0.3) is 0 Å². The second kappa shape index (κ2) is 8.02. The highest BCUT2D eigenvalue weighted by Crippen LogP contribution is 2.10. The van der Waals surface area contributed by atoms with Gasteiger partial charge in [0.2, 0.25) is 5.91 Å². The van der Waals surface area contributed by atoms with Gasteiger partial charge in [0.15, 0.2) is 0 Å². The number of nitrogens with one attached hydrogen (secondary N) is 1. The van der Waals surface area contributed by atoms with Gasteiger partial charge in [-0.3, -0.25) is 4.79 Å². The Morgan fingerprint density at radius 3 is 2.75 bits per heavy atom. The lowest BCUT2D eigenvalue weighted by Crippen LogP contribution is -2.41. The Morgan fingerprint density at radius 2 is 2.10 bits per heavy atom. The molecule has 0 radical (unpaired) electrons. The summed E-state index contributed by atoms with van der Waals surface area (Å²) in [5.41, 5.74) is 1.47. The summed E-state index contributed by atoms with van der Waals surface area (Å²) in [4.78, 5) is 11.8. The standard InChI is InChI=1S/C16H25NO3/c1-13-6-4-5-7-14(13)8-9-15(18)17-12-16(2,19)10-11-20-3/h4-7,19H,8-12H2,1-3H3,(H,17,18). The maximum atomic E-state index is 11.8. The van der Waals surface area contributed by atoms with Crippen LogP contribution in [-0.4, -0.2) is 36.9 Å². The smallest absolute Gasteiger partial charge is 0.220 e. The van der Waals surface area contributed by atoms with E-state index >= 15 is 0 Å². The highest BCUT2D eigenvalue weighted by atomic mass is 16.5. The molecule has 0 aliphatic heterocycles. The summed E-state index contributed by atoms with van der Waals surface area (Å²) in [6.07, 6.45) is 1.66. The number of rotatable bonds is 8. The van der Waals surface area contributed by atoms with E-state index in [9.17, 15) is 9.90 Å². The minimum Gasteiger partial charge on any atom is -0.388 e. The van der Waals surface area contributed by atoms with Gasteiger partial charge in [-0.15, -0.1) is 0 Å². The van der Waals surface area contributed by atoms with Gasteiger partial charge in [-0.2, -0.15) is 0 Å². The first-order valence-corrected chi connectivity index (χ1v) is 6.97. The van der Waals surface area contributed by atoms with E-state index in [4.69, 9.17) is 4.74 Å². The second-order valence-electron chi connectivity index (χ2n) is 5.44. The van der Waals surface area contributed by atoms with Crippen molar-refractivity contribution in [2.24, 2.45) is 0 Å². The van der Waals surface area contributed by atoms with E-state index in [-0.39, 0.29) is 12.5 Å². The molecule has 0 fully saturated rings. The molecule has 0 aromatic heterocycles. The maximum absolute atomic E-state index is 11.8. The zero-order valence-corrected chi connectivity index (χ0v) is 12.6. The Morgan fingerprint density at radius 1 is 1.40 bits per heavy atom. The predicted molar refractivity (Wildman–Crippen MR) is 79.6 cm³/mol. The zero-order chi connectivity index (χ0) is 15.0. The summed E-state index contributed by atoms with van der Waals surface area (Å²) in [6, 6.07) is 8.06. The van der Waals surface area contributed by atoms with Crippen molar-refractivity contribution in [1.29, 1.82) is 0 Å². The molecule has 0 saturated carbocycles. The van der Waals surface area contributed by atoms with Crippen LogP contribution in [0.15, 0.2) is 24.3 Å². The molecule has 2 N–H and O–H groups in total. The van der Waals surface area contributed by atoms with Crippen molar-refractivity contribution < 1.29 is 14.6 Å². The molecule has 1 unspecified atom stereocenters. The first-order valence-electron chi connectivity index (χ1n) is 6.97. The lowest BCUT2D eigenvalue weighted by Gasteiger charge is -2.23. The van der Waals surface area contributed by atoms with Crippen LogP contribution in [0.3, 0.4) is 0 Å². The van der Waals surface area contributed by atoms with Crippen molar-refractivity contribution >= 4 is 5.91 Å². The van der Waals surface area contributed by atoms with Gasteiger partial charge in [0, 0.05) is 33.1 Å². The van der Waals surface area contributed by atoms with Crippen LogP contribution in [0.1, 0.15) is 30.9 Å². The molecule has 0 aliphatic rings. The van der Waals surface area contributed by atoms with Gasteiger partial charge in [-0.05, 0) is 31.4 Å². The Balaban J connectivity index is 2.32. The lowest BCUT2D eigenvalue weighted by molar-refractivity contribution is -0.122. The fourth-order valence-corrected chi connectivity index (χ4v) is 1.93. The van der Waals surface area contributed by atoms with E-state index in [0.717, 1.165) is 6.42 Å². The molecule has 1 atom stereocenters. The van der Waals surface area contributed by atoms with E-state index in [2.05, 4.69) is 5.32 Å². The average molecular weight is 279 g/mol. The van der Waals surface area contributed by atoms with E-state index in [1.165, 1.54) is 11.1 Å². The van der Waals surface area contributed by atoms with Gasteiger partial charge in [-0.1, -0.05) is 24.3 Å². The van der Waals surface area contributed by atoms with Crippen LogP contribution in [0, 0.1) is 6.92 Å². The number of hydrogen-bond acceptors (Lipinski definition) is 3. The van der Waals surface area contributed by atoms with Gasteiger partial charge in [0.25, 0.3) is 0 Å². The van der Waals surface area contributed by atoms with Gasteiger partial charge >= 0.3 is 0 Å². The molecule has 1 amide bonds. The third-order valence-corrected chi connectivity index (χ3v) is 3.39. The van der Waals surface area contributed by atoms with E-state index in [1.807, 2.05) is 31.2 Å². The van der Waals surface area contributed by atoms with Crippen molar-refractivity contribution in [1.82, 2.24) is 5.32 Å². The summed E-state index contributed by atoms with van der Waals surface area (Å²) in [6.45, 7) is 4.48. The number of ether oxygens (including phenoxy) is 1. The monoisotopic (exact) mass is 279 g/mol. The quantitative estimate of drug-likeness (QED) is 0.763. The van der Waals surface area contributed by atoms with Crippen molar-refractivity contribution in [2.45, 2.75) is 38.7 Å². The van der Waals surface area contributed by atoms with Gasteiger partial charge in [-0.25, -0.2) is 0 Å². The maximum Gasteiger partial charge on any atom is 0.220 e. The number of benzene rings is 1. The summed E-state index contributed by atoms with van der Waals surface area (Å²) in [5.74, 6) is -0.0362. The molecule has 0 saturated heterocycles. The van der Waals surface area contributed by atoms with E-state index in [1.54, 1.807) is 14.0 Å². The molecule has 112 valence electrons. The SMILES string of the molecule is COCCC(C)(O)CNC(=O)CCc1ccccc1C. The summed E-state index contributed by atoms with van der Waals surface area (Å²) in [5, 5.41) is 12.8. The van der Waals surface area contributed by atoms with Crippen LogP contribution in [0.2, 0.25) is 0 Å². The van der Waals surface area contributed by atoms with Crippen LogP contribution in [0.5, 0.6) is 0 Å². The Kier molecular flexibility index (Phi) is 6.68. The fourth-order valence-electron chi connectivity index (χ4n) is 1.93. The summed E-state index contributed by atoms with van der Waals surface area (Å²) >= 11 is 0. The second-order valence-corrected chi connectivity index (χ2v) is 5.44. The Bertz CT molecular complexity index is 429. The number of methoxy groups -OCH3 is 1. The van der Waals surface area contributed by atoms with E-state index in [0.29, 0.717) is 19.4 Å². The van der Waals surface area contributed by atoms with Gasteiger partial charge < -0.3 is 15.2 Å². The van der Waals surface area contributed by atoms with Crippen LogP contribution >= 0.6 is 0 Å². The molecular formula is C16H25NO3. The number of aliphatic hydroxyl groups is 1. The normalized spacial score (nSPS) is 13.8. The molecule has 0 aliphatic carbocycles. The van der Waals surface area contributed by atoms with Crippen molar-refractivity contribution in [3.8, 4) is 0 Å². The number of carbonyl (C=O) groups is 1. The average Bonchev–Trinajstić information content (AvgIpc) is 2.42. The minimum absolute atomic E-state index is 0.0362. The molecule has 1 aromatic carbocycles. The molecular weight excluding hydrogens is 254 g/mol. The van der Waals surface area contributed by atoms with Crippen LogP contribution < -0.4 is 5.32 Å². The highest BCUT2D eigenvalue weighted by Gasteiger charge is 2.20. The summed E-state index contributed by atoms with van der Waals surface area (Å²) in [7, 11) is 1.59. The summed E-state index contributed by atoms with van der Waals surface area (Å²) < 4.78 is 4.93. The van der Waals surface area contributed by atoms with Crippen LogP contribution in [-0.2, 0) is 16.0 Å². The van der Waals surface area contributed by atoms with Crippen molar-refractivity contribution in [2.75, 3.05) is 20.3 Å². The largest absolute Gasteiger partial charge is 0.388 e. The molecule has 20 heavy (non-hydrogen) atoms. The highest BCUT2D eigenvalue weighted by molar-refractivity contribution is 5.76. The van der Waals surface area contributed by atoms with Gasteiger partial charge in [0.1, 0.15) is 0 Å². The van der Waals surface area contributed by atoms with Crippen molar-refractivity contribution in [3.63, 3.8) is 0 Å². The first kappa shape index (κ1) is 16.7. The third kappa shape index (κ3) is 6.17. The Hall–Kier alpha value is -1.39. The van der Waals surface area contributed by atoms with Gasteiger partial charge in [0.05, 0.1) is 5.60 Å². The molecule has 4 heteroatoms. The molecule has 0 heterocycles. The van der Waals surface area contributed by atoms with Crippen molar-refractivity contribution in [3.05, 3.63) is 35.4 Å². The molecule has 0 bridgehead atoms. The van der Waals surface area contributed by atoms with Crippen LogP contribution in [0.4, 0.5) is 0 Å². The molecule has 1 rings (SSSR count). The number of amides is 1. The number of hydrogen-bond donors (Lipinski definition) is 2. The third-order valence-electron chi connectivity index (χ3n) is 3.39. The number of aryl methyl sites for hydroxylation is 2. The lowest BCUT2D eigenvalue weighted by atomic mass is 10.0. The number of carbonyl (C=O) groups excluding carboxylic acids is 1. The topological polar surface area (TPSA) is 58.6 Å². The Labute approximate surface area is 121 Å². The molecule has 0 spiro atoms. The minimum atomic E-state index is -0.922. The predicted octanol–water partition coefficient (Wildman–Crippen LogP) is 1.83. The first-order chi connectivity index (χ1) is 9.44. The van der Waals surface area contributed by atoms with E-state index < -0.39 is 5.60 Å². The molecule has 1 aromatic rings.